The van der Waals surface area contributed by atoms with Crippen molar-refractivity contribution in [3.05, 3.63) is 0 Å². The Morgan fingerprint density at radius 2 is 1.57 bits per heavy atom. The standard InChI is InChI=1S/C12H23N3O4S2/c1-12(5-4-6-12)11(16)14-7-9-15(10-8-14)21(18,19)13-20(2,3)17/h4-10H2,1-3H3. The van der Waals surface area contributed by atoms with Crippen LogP contribution >= 0.6 is 0 Å². The molecule has 1 saturated heterocycles. The van der Waals surface area contributed by atoms with Crippen molar-refractivity contribution in [2.24, 2.45) is 9.18 Å². The zero-order valence-corrected chi connectivity index (χ0v) is 14.4. The van der Waals surface area contributed by atoms with Crippen molar-refractivity contribution in [2.75, 3.05) is 38.7 Å². The molecule has 1 heterocycles. The first kappa shape index (κ1) is 16.7. The molecule has 1 aliphatic heterocycles. The van der Waals surface area contributed by atoms with E-state index in [9.17, 15) is 17.4 Å². The molecule has 1 saturated carbocycles. The third-order valence-electron chi connectivity index (χ3n) is 4.10. The maximum atomic E-state index is 12.4. The zero-order chi connectivity index (χ0) is 15.9. The lowest BCUT2D eigenvalue weighted by Crippen LogP contribution is -2.54. The van der Waals surface area contributed by atoms with Crippen molar-refractivity contribution in [3.63, 3.8) is 0 Å². The predicted molar refractivity (Wildman–Crippen MR) is 81.4 cm³/mol. The number of amides is 1. The van der Waals surface area contributed by atoms with Gasteiger partial charge in [-0.25, -0.2) is 4.21 Å². The molecule has 2 aliphatic rings. The van der Waals surface area contributed by atoms with Crippen LogP contribution in [0.4, 0.5) is 0 Å². The van der Waals surface area contributed by atoms with E-state index < -0.39 is 19.9 Å². The van der Waals surface area contributed by atoms with Gasteiger partial charge in [0.25, 0.3) is 0 Å². The van der Waals surface area contributed by atoms with E-state index in [4.69, 9.17) is 0 Å². The van der Waals surface area contributed by atoms with Gasteiger partial charge in [0.2, 0.25) is 5.91 Å². The maximum Gasteiger partial charge on any atom is 0.330 e. The van der Waals surface area contributed by atoms with E-state index in [1.165, 1.54) is 16.8 Å². The third-order valence-corrected chi connectivity index (χ3v) is 7.31. The molecule has 0 aromatic heterocycles. The van der Waals surface area contributed by atoms with Gasteiger partial charge >= 0.3 is 10.2 Å². The number of hydrogen-bond donors (Lipinski definition) is 0. The Kier molecular flexibility index (Phi) is 4.38. The van der Waals surface area contributed by atoms with Gasteiger partial charge in [0.1, 0.15) is 0 Å². The van der Waals surface area contributed by atoms with Crippen LogP contribution in [0.2, 0.25) is 0 Å². The summed E-state index contributed by atoms with van der Waals surface area (Å²) >= 11 is 0. The summed E-state index contributed by atoms with van der Waals surface area (Å²) in [4.78, 5) is 14.1. The number of piperazine rings is 1. The number of hydrogen-bond acceptors (Lipinski definition) is 4. The first-order valence-electron chi connectivity index (χ1n) is 7.01. The highest BCUT2D eigenvalue weighted by Crippen LogP contribution is 2.42. The van der Waals surface area contributed by atoms with Gasteiger partial charge in [0.15, 0.2) is 0 Å². The van der Waals surface area contributed by atoms with Crippen molar-refractivity contribution in [3.8, 4) is 0 Å². The monoisotopic (exact) mass is 337 g/mol. The number of nitrogens with zero attached hydrogens (tertiary/aromatic N) is 3. The summed E-state index contributed by atoms with van der Waals surface area (Å²) in [7, 11) is -6.59. The Hall–Kier alpha value is -0.670. The second kappa shape index (κ2) is 5.51. The van der Waals surface area contributed by atoms with Crippen LogP contribution in [0.3, 0.4) is 0 Å². The molecular weight excluding hydrogens is 314 g/mol. The molecular formula is C12H23N3O4S2. The molecule has 0 aromatic rings. The first-order valence-corrected chi connectivity index (χ1v) is 10.7. The number of rotatable bonds is 3. The summed E-state index contributed by atoms with van der Waals surface area (Å²) in [6, 6.07) is 0. The summed E-state index contributed by atoms with van der Waals surface area (Å²) in [6.07, 6.45) is 5.49. The predicted octanol–water partition coefficient (Wildman–Crippen LogP) is 0.293. The van der Waals surface area contributed by atoms with Crippen LogP contribution in [-0.2, 0) is 24.7 Å². The van der Waals surface area contributed by atoms with Crippen LogP contribution in [0, 0.1) is 5.41 Å². The Labute approximate surface area is 127 Å². The van der Waals surface area contributed by atoms with E-state index >= 15 is 0 Å². The van der Waals surface area contributed by atoms with Gasteiger partial charge in [-0.15, -0.1) is 0 Å². The minimum absolute atomic E-state index is 0.123. The van der Waals surface area contributed by atoms with Crippen LogP contribution in [0.25, 0.3) is 0 Å². The van der Waals surface area contributed by atoms with Crippen LogP contribution < -0.4 is 0 Å². The van der Waals surface area contributed by atoms with Crippen molar-refractivity contribution < 1.29 is 17.4 Å². The highest BCUT2D eigenvalue weighted by atomic mass is 32.3. The van der Waals surface area contributed by atoms with Gasteiger partial charge in [-0.3, -0.25) is 4.79 Å². The minimum Gasteiger partial charge on any atom is -0.340 e. The molecule has 0 bridgehead atoms. The molecule has 2 rings (SSSR count). The number of carbonyl (C=O) groups is 1. The Morgan fingerprint density at radius 1 is 1.05 bits per heavy atom. The average molecular weight is 337 g/mol. The average Bonchev–Trinajstić information content (AvgIpc) is 2.32. The molecule has 0 unspecified atom stereocenters. The molecule has 0 radical (unpaired) electrons. The van der Waals surface area contributed by atoms with Gasteiger partial charge < -0.3 is 4.90 Å². The summed E-state index contributed by atoms with van der Waals surface area (Å²) in [6.45, 7) is 3.14. The van der Waals surface area contributed by atoms with E-state index in [0.717, 1.165) is 19.3 Å². The molecule has 0 spiro atoms. The van der Waals surface area contributed by atoms with Crippen LogP contribution in [0.5, 0.6) is 0 Å². The molecule has 0 atom stereocenters. The van der Waals surface area contributed by atoms with Crippen molar-refractivity contribution in [1.82, 2.24) is 9.21 Å². The molecule has 0 N–H and O–H groups in total. The topological polar surface area (TPSA) is 87.1 Å². The van der Waals surface area contributed by atoms with E-state index in [1.807, 2.05) is 6.92 Å². The normalized spacial score (nSPS) is 23.5. The van der Waals surface area contributed by atoms with Crippen LogP contribution in [-0.4, -0.2) is 66.4 Å². The lowest BCUT2D eigenvalue weighted by molar-refractivity contribution is -0.147. The van der Waals surface area contributed by atoms with E-state index in [0.29, 0.717) is 13.1 Å². The first-order chi connectivity index (χ1) is 9.54. The van der Waals surface area contributed by atoms with Gasteiger partial charge in [-0.1, -0.05) is 17.1 Å². The minimum atomic E-state index is -3.87. The SMILES string of the molecule is CC1(C(=O)N2CCN(S(=O)(=O)N=S(C)(C)=O)CC2)CCC1. The maximum absolute atomic E-state index is 12.4. The Morgan fingerprint density at radius 3 is 1.95 bits per heavy atom. The zero-order valence-electron chi connectivity index (χ0n) is 12.7. The molecule has 0 aromatic carbocycles. The lowest BCUT2D eigenvalue weighted by atomic mass is 9.69. The van der Waals surface area contributed by atoms with E-state index in [2.05, 4.69) is 3.77 Å². The van der Waals surface area contributed by atoms with Gasteiger partial charge in [-0.05, 0) is 12.8 Å². The van der Waals surface area contributed by atoms with Gasteiger partial charge in [0, 0.05) is 44.1 Å². The fourth-order valence-electron chi connectivity index (χ4n) is 2.70. The van der Waals surface area contributed by atoms with Gasteiger partial charge in [0.05, 0.1) is 9.73 Å². The number of carbonyl (C=O) groups excluding carboxylic acids is 1. The van der Waals surface area contributed by atoms with Crippen molar-refractivity contribution in [1.29, 1.82) is 0 Å². The molecule has 7 nitrogen and oxygen atoms in total. The summed E-state index contributed by atoms with van der Waals surface area (Å²) in [5, 5.41) is 0. The quantitative estimate of drug-likeness (QED) is 0.741. The summed E-state index contributed by atoms with van der Waals surface area (Å²) in [5.41, 5.74) is -0.257. The van der Waals surface area contributed by atoms with Crippen LogP contribution in [0.1, 0.15) is 26.2 Å². The Balaban J connectivity index is 2.01. The second-order valence-corrected chi connectivity index (χ2v) is 10.7. The fraction of sp³-hybridized carbons (Fsp3) is 0.917. The highest BCUT2D eigenvalue weighted by molar-refractivity contribution is 8.01. The molecule has 1 aliphatic carbocycles. The third kappa shape index (κ3) is 3.75. The summed E-state index contributed by atoms with van der Waals surface area (Å²) in [5.74, 6) is 0.123. The van der Waals surface area contributed by atoms with Crippen LogP contribution in [0.15, 0.2) is 3.77 Å². The molecule has 2 fully saturated rings. The van der Waals surface area contributed by atoms with E-state index in [-0.39, 0.29) is 24.4 Å². The Bertz CT molecular complexity index is 629. The molecule has 9 heteroatoms. The highest BCUT2D eigenvalue weighted by Gasteiger charge is 2.43. The lowest BCUT2D eigenvalue weighted by Gasteiger charge is -2.43. The van der Waals surface area contributed by atoms with Crippen molar-refractivity contribution >= 4 is 25.8 Å². The molecule has 122 valence electrons. The molecule has 1 amide bonds. The summed E-state index contributed by atoms with van der Waals surface area (Å²) < 4.78 is 40.2. The fourth-order valence-corrected chi connectivity index (χ4v) is 5.52. The molecule has 21 heavy (non-hydrogen) atoms. The van der Waals surface area contributed by atoms with Crippen molar-refractivity contribution in [2.45, 2.75) is 26.2 Å². The van der Waals surface area contributed by atoms with Gasteiger partial charge in [-0.2, -0.15) is 12.7 Å². The second-order valence-electron chi connectivity index (χ2n) is 6.34. The largest absolute Gasteiger partial charge is 0.340 e. The smallest absolute Gasteiger partial charge is 0.330 e. The van der Waals surface area contributed by atoms with E-state index in [1.54, 1.807) is 4.90 Å².